The number of fused-ring (bicyclic) bond motifs is 1. The largest absolute Gasteiger partial charge is 0.301 e. The zero-order valence-electron chi connectivity index (χ0n) is 13.9. The van der Waals surface area contributed by atoms with Gasteiger partial charge in [0.05, 0.1) is 21.7 Å². The third kappa shape index (κ3) is 3.95. The van der Waals surface area contributed by atoms with Gasteiger partial charge in [0.1, 0.15) is 0 Å². The third-order valence-electron chi connectivity index (χ3n) is 3.70. The number of anilines is 1. The molecule has 4 nitrogen and oxygen atoms in total. The summed E-state index contributed by atoms with van der Waals surface area (Å²) >= 11 is 4.49. The Morgan fingerprint density at radius 3 is 2.73 bits per heavy atom. The van der Waals surface area contributed by atoms with Crippen molar-refractivity contribution in [3.63, 3.8) is 0 Å². The van der Waals surface area contributed by atoms with Gasteiger partial charge in [-0.2, -0.15) is 0 Å². The average molecular weight is 398 g/mol. The van der Waals surface area contributed by atoms with E-state index < -0.39 is 0 Å². The molecular formula is C19H15N3OS3. The predicted octanol–water partition coefficient (Wildman–Crippen LogP) is 5.46. The van der Waals surface area contributed by atoms with Crippen LogP contribution in [0.1, 0.15) is 5.56 Å². The predicted molar refractivity (Wildman–Crippen MR) is 111 cm³/mol. The Balaban J connectivity index is 1.36. The summed E-state index contributed by atoms with van der Waals surface area (Å²) < 4.78 is 2.04. The highest BCUT2D eigenvalue weighted by Gasteiger charge is 2.10. The van der Waals surface area contributed by atoms with Crippen molar-refractivity contribution in [2.45, 2.75) is 11.3 Å². The first-order chi connectivity index (χ1) is 12.7. The number of rotatable bonds is 5. The molecule has 0 radical (unpaired) electrons. The maximum Gasteiger partial charge on any atom is 0.236 e. The third-order valence-corrected chi connectivity index (χ3v) is 6.64. The highest BCUT2D eigenvalue weighted by Crippen LogP contribution is 2.30. The number of carbonyl (C=O) groups is 1. The van der Waals surface area contributed by atoms with E-state index in [1.165, 1.54) is 28.7 Å². The molecule has 1 amide bonds. The van der Waals surface area contributed by atoms with E-state index in [0.29, 0.717) is 10.9 Å². The molecule has 4 aromatic rings. The zero-order valence-corrected chi connectivity index (χ0v) is 16.4. The highest BCUT2D eigenvalue weighted by atomic mass is 32.2. The second-order valence-corrected chi connectivity index (χ2v) is 8.80. The lowest BCUT2D eigenvalue weighted by molar-refractivity contribution is -0.113. The number of thioether (sulfide) groups is 1. The highest BCUT2D eigenvalue weighted by molar-refractivity contribution is 8.01. The topological polar surface area (TPSA) is 54.9 Å². The van der Waals surface area contributed by atoms with Crippen LogP contribution in [0.4, 0.5) is 5.13 Å². The molecule has 0 fully saturated rings. The Morgan fingerprint density at radius 2 is 1.92 bits per heavy atom. The van der Waals surface area contributed by atoms with Crippen molar-refractivity contribution < 1.29 is 4.79 Å². The first-order valence-electron chi connectivity index (χ1n) is 7.98. The van der Waals surface area contributed by atoms with Gasteiger partial charge in [-0.15, -0.1) is 22.7 Å². The molecule has 0 unspecified atom stereocenters. The summed E-state index contributed by atoms with van der Waals surface area (Å²) in [6, 6.07) is 16.2. The molecule has 4 rings (SSSR count). The van der Waals surface area contributed by atoms with Crippen molar-refractivity contribution >= 4 is 55.7 Å². The summed E-state index contributed by atoms with van der Waals surface area (Å²) in [5.74, 6) is 0.248. The SMILES string of the molecule is Cc1ccc(-c2csc(NC(=O)CSc3nc4ccccc4s3)n2)cc1. The van der Waals surface area contributed by atoms with Crippen LogP contribution < -0.4 is 5.32 Å². The molecule has 26 heavy (non-hydrogen) atoms. The second-order valence-electron chi connectivity index (χ2n) is 5.69. The van der Waals surface area contributed by atoms with Gasteiger partial charge in [-0.1, -0.05) is 53.7 Å². The van der Waals surface area contributed by atoms with E-state index in [9.17, 15) is 4.79 Å². The first-order valence-corrected chi connectivity index (χ1v) is 10.7. The first kappa shape index (κ1) is 17.2. The quantitative estimate of drug-likeness (QED) is 0.454. The minimum absolute atomic E-state index is 0.0703. The maximum absolute atomic E-state index is 12.2. The van der Waals surface area contributed by atoms with Gasteiger partial charge in [0.15, 0.2) is 9.47 Å². The molecule has 1 N–H and O–H groups in total. The summed E-state index contributed by atoms with van der Waals surface area (Å²) in [4.78, 5) is 21.2. The molecular weight excluding hydrogens is 382 g/mol. The molecule has 0 atom stereocenters. The summed E-state index contributed by atoms with van der Waals surface area (Å²) in [5.41, 5.74) is 4.12. The fourth-order valence-electron chi connectivity index (χ4n) is 2.38. The molecule has 2 aromatic carbocycles. The number of aryl methyl sites for hydroxylation is 1. The molecule has 0 aliphatic heterocycles. The molecule has 130 valence electrons. The number of para-hydroxylation sites is 1. The van der Waals surface area contributed by atoms with E-state index in [1.54, 1.807) is 11.3 Å². The summed E-state index contributed by atoms with van der Waals surface area (Å²) in [6.45, 7) is 2.06. The maximum atomic E-state index is 12.2. The Labute approximate surface area is 163 Å². The molecule has 2 aromatic heterocycles. The van der Waals surface area contributed by atoms with Crippen molar-refractivity contribution in [1.82, 2.24) is 9.97 Å². The monoisotopic (exact) mass is 397 g/mol. The number of hydrogen-bond donors (Lipinski definition) is 1. The van der Waals surface area contributed by atoms with Crippen LogP contribution in [0, 0.1) is 6.92 Å². The number of nitrogens with zero attached hydrogens (tertiary/aromatic N) is 2. The molecule has 7 heteroatoms. The lowest BCUT2D eigenvalue weighted by Gasteiger charge is -2.00. The Hall–Kier alpha value is -2.22. The minimum atomic E-state index is -0.0703. The van der Waals surface area contributed by atoms with Crippen LogP contribution in [0.25, 0.3) is 21.5 Å². The van der Waals surface area contributed by atoms with Crippen LogP contribution in [0.3, 0.4) is 0 Å². The van der Waals surface area contributed by atoms with E-state index >= 15 is 0 Å². The van der Waals surface area contributed by atoms with Gasteiger partial charge in [-0.05, 0) is 19.1 Å². The van der Waals surface area contributed by atoms with Crippen molar-refractivity contribution in [3.8, 4) is 11.3 Å². The molecule has 2 heterocycles. The Kier molecular flexibility index (Phi) is 5.01. The number of benzene rings is 2. The van der Waals surface area contributed by atoms with Crippen molar-refractivity contribution in [2.24, 2.45) is 0 Å². The van der Waals surface area contributed by atoms with E-state index in [2.05, 4.69) is 34.3 Å². The molecule has 0 bridgehead atoms. The van der Waals surface area contributed by atoms with E-state index in [4.69, 9.17) is 0 Å². The number of hydrogen-bond acceptors (Lipinski definition) is 6. The smallest absolute Gasteiger partial charge is 0.236 e. The Morgan fingerprint density at radius 1 is 1.12 bits per heavy atom. The van der Waals surface area contributed by atoms with Gasteiger partial charge in [-0.25, -0.2) is 9.97 Å². The van der Waals surface area contributed by atoms with Crippen LogP contribution >= 0.6 is 34.4 Å². The normalized spacial score (nSPS) is 11.0. The van der Waals surface area contributed by atoms with Crippen LogP contribution in [-0.4, -0.2) is 21.6 Å². The van der Waals surface area contributed by atoms with Crippen LogP contribution in [0.5, 0.6) is 0 Å². The molecule has 0 saturated carbocycles. The number of aromatic nitrogens is 2. The van der Waals surface area contributed by atoms with Crippen molar-refractivity contribution in [3.05, 3.63) is 59.5 Å². The summed E-state index contributed by atoms with van der Waals surface area (Å²) in [6.07, 6.45) is 0. The molecule has 0 aliphatic rings. The lowest BCUT2D eigenvalue weighted by Crippen LogP contribution is -2.13. The lowest BCUT2D eigenvalue weighted by atomic mass is 10.1. The number of amides is 1. The van der Waals surface area contributed by atoms with Crippen molar-refractivity contribution in [2.75, 3.05) is 11.1 Å². The van der Waals surface area contributed by atoms with Crippen LogP contribution in [-0.2, 0) is 4.79 Å². The zero-order chi connectivity index (χ0) is 17.9. The van der Waals surface area contributed by atoms with E-state index in [1.807, 2.05) is 41.8 Å². The van der Waals surface area contributed by atoms with Gasteiger partial charge in [0, 0.05) is 10.9 Å². The van der Waals surface area contributed by atoms with Gasteiger partial charge < -0.3 is 5.32 Å². The van der Waals surface area contributed by atoms with Gasteiger partial charge in [-0.3, -0.25) is 4.79 Å². The molecule has 0 spiro atoms. The van der Waals surface area contributed by atoms with Crippen LogP contribution in [0.2, 0.25) is 0 Å². The number of thiazole rings is 2. The Bertz CT molecular complexity index is 1020. The summed E-state index contributed by atoms with van der Waals surface area (Å²) in [7, 11) is 0. The number of nitrogens with one attached hydrogen (secondary N) is 1. The van der Waals surface area contributed by atoms with Gasteiger partial charge >= 0.3 is 0 Å². The van der Waals surface area contributed by atoms with Gasteiger partial charge in [0.25, 0.3) is 0 Å². The van der Waals surface area contributed by atoms with E-state index in [-0.39, 0.29) is 5.91 Å². The van der Waals surface area contributed by atoms with E-state index in [0.717, 1.165) is 25.8 Å². The molecule has 0 aliphatic carbocycles. The van der Waals surface area contributed by atoms with Crippen molar-refractivity contribution in [1.29, 1.82) is 0 Å². The standard InChI is InChI=1S/C19H15N3OS3/c1-12-6-8-13(9-7-12)15-10-24-18(20-15)22-17(23)11-25-19-21-14-4-2-3-5-16(14)26-19/h2-10H,11H2,1H3,(H,20,22,23). The minimum Gasteiger partial charge on any atom is -0.301 e. The number of carbonyl (C=O) groups excluding carboxylic acids is 1. The molecule has 0 saturated heterocycles. The van der Waals surface area contributed by atoms with Gasteiger partial charge in [0.2, 0.25) is 5.91 Å². The summed E-state index contributed by atoms with van der Waals surface area (Å²) in [5, 5.41) is 5.45. The fourth-order valence-corrected chi connectivity index (χ4v) is 4.99. The average Bonchev–Trinajstić information content (AvgIpc) is 3.27. The fraction of sp³-hybridized carbons (Fsp3) is 0.105. The second kappa shape index (κ2) is 7.57. The van der Waals surface area contributed by atoms with Crippen LogP contribution in [0.15, 0.2) is 58.3 Å².